The molecule has 0 bridgehead atoms. The van der Waals surface area contributed by atoms with Gasteiger partial charge in [0, 0.05) is 18.5 Å². The lowest BCUT2D eigenvalue weighted by Crippen LogP contribution is -2.16. The molecular weight excluding hydrogens is 341 g/mol. The molecule has 26 heavy (non-hydrogen) atoms. The number of hydrogen-bond donors (Lipinski definition) is 2. The molecule has 0 unspecified atom stereocenters. The number of aromatic carboxylic acids is 1. The second kappa shape index (κ2) is 6.45. The van der Waals surface area contributed by atoms with Gasteiger partial charge in [-0.15, -0.1) is 5.10 Å². The number of nitrogens with one attached hydrogen (secondary N) is 1. The number of fused-ring (bicyclic) bond motifs is 1. The monoisotopic (exact) mass is 351 g/mol. The largest absolute Gasteiger partial charge is 0.478 e. The van der Waals surface area contributed by atoms with E-state index in [0.717, 1.165) is 10.9 Å². The predicted octanol–water partition coefficient (Wildman–Crippen LogP) is 1.85. The maximum atomic E-state index is 14.1. The van der Waals surface area contributed by atoms with E-state index in [1.807, 2.05) is 12.1 Å². The van der Waals surface area contributed by atoms with E-state index in [2.05, 4.69) is 20.4 Å². The molecule has 0 saturated heterocycles. The maximum Gasteiger partial charge on any atom is 0.339 e. The van der Waals surface area contributed by atoms with Crippen LogP contribution in [0.1, 0.15) is 22.8 Å². The second-order valence-corrected chi connectivity index (χ2v) is 5.30. The number of carbonyl (C=O) groups is 1. The van der Waals surface area contributed by atoms with E-state index < -0.39 is 18.0 Å². The van der Waals surface area contributed by atoms with E-state index in [9.17, 15) is 14.3 Å². The van der Waals surface area contributed by atoms with Crippen molar-refractivity contribution in [3.8, 4) is 18.0 Å². The fourth-order valence-electron chi connectivity index (χ4n) is 2.30. The molecular formula is C16H10FN7O2. The summed E-state index contributed by atoms with van der Waals surface area (Å²) in [5, 5.41) is 33.6. The first kappa shape index (κ1) is 16.8. The highest BCUT2D eigenvalue weighted by molar-refractivity contribution is 5.94. The SMILES string of the molecule is C[C@H](C#N)Nc1cc(-n2nc(F)c3cc(C#N)cnc32)ncc1C(=O)O. The molecule has 10 heteroatoms. The lowest BCUT2D eigenvalue weighted by atomic mass is 10.2. The molecule has 3 heterocycles. The summed E-state index contributed by atoms with van der Waals surface area (Å²) in [6.45, 7) is 1.56. The topological polar surface area (TPSA) is 141 Å². The summed E-state index contributed by atoms with van der Waals surface area (Å²) in [5.74, 6) is -1.97. The summed E-state index contributed by atoms with van der Waals surface area (Å²) in [5.41, 5.74) is 0.286. The number of hydrogen-bond acceptors (Lipinski definition) is 7. The third kappa shape index (κ3) is 2.87. The van der Waals surface area contributed by atoms with E-state index in [-0.39, 0.29) is 33.7 Å². The molecule has 2 N–H and O–H groups in total. The molecule has 1 atom stereocenters. The van der Waals surface area contributed by atoms with Crippen LogP contribution in [0.15, 0.2) is 24.5 Å². The number of halogens is 1. The first-order valence-electron chi connectivity index (χ1n) is 7.29. The Hall–Kier alpha value is -4.05. The van der Waals surface area contributed by atoms with Gasteiger partial charge in [-0.3, -0.25) is 0 Å². The van der Waals surface area contributed by atoms with Crippen LogP contribution in [-0.4, -0.2) is 36.9 Å². The van der Waals surface area contributed by atoms with Crippen molar-refractivity contribution in [2.24, 2.45) is 0 Å². The van der Waals surface area contributed by atoms with Crippen molar-refractivity contribution in [3.05, 3.63) is 41.6 Å². The number of rotatable bonds is 4. The number of pyridine rings is 2. The summed E-state index contributed by atoms with van der Waals surface area (Å²) in [7, 11) is 0. The fourth-order valence-corrected chi connectivity index (χ4v) is 2.30. The molecule has 0 aliphatic heterocycles. The van der Waals surface area contributed by atoms with Crippen molar-refractivity contribution in [1.29, 1.82) is 10.5 Å². The third-order valence-electron chi connectivity index (χ3n) is 3.51. The smallest absolute Gasteiger partial charge is 0.339 e. The molecule has 3 aromatic rings. The number of aromatic nitrogens is 4. The Balaban J connectivity index is 2.17. The van der Waals surface area contributed by atoms with E-state index in [1.165, 1.54) is 18.3 Å². The minimum Gasteiger partial charge on any atom is -0.478 e. The lowest BCUT2D eigenvalue weighted by molar-refractivity contribution is 0.0697. The third-order valence-corrected chi connectivity index (χ3v) is 3.51. The van der Waals surface area contributed by atoms with Crippen LogP contribution in [-0.2, 0) is 0 Å². The van der Waals surface area contributed by atoms with Crippen LogP contribution < -0.4 is 5.32 Å². The second-order valence-electron chi connectivity index (χ2n) is 5.30. The van der Waals surface area contributed by atoms with Gasteiger partial charge >= 0.3 is 5.97 Å². The molecule has 0 aliphatic carbocycles. The van der Waals surface area contributed by atoms with Gasteiger partial charge in [-0.05, 0) is 13.0 Å². The quantitative estimate of drug-likeness (QED) is 0.725. The average molecular weight is 351 g/mol. The molecule has 128 valence electrons. The Morgan fingerprint density at radius 1 is 1.35 bits per heavy atom. The Morgan fingerprint density at radius 2 is 2.12 bits per heavy atom. The molecule has 9 nitrogen and oxygen atoms in total. The molecule has 0 radical (unpaired) electrons. The van der Waals surface area contributed by atoms with Crippen LogP contribution >= 0.6 is 0 Å². The summed E-state index contributed by atoms with van der Waals surface area (Å²) >= 11 is 0. The zero-order chi connectivity index (χ0) is 18.8. The fraction of sp³-hybridized carbons (Fsp3) is 0.125. The van der Waals surface area contributed by atoms with Gasteiger partial charge in [0.05, 0.1) is 22.7 Å². The highest BCUT2D eigenvalue weighted by Gasteiger charge is 2.18. The van der Waals surface area contributed by atoms with Crippen molar-refractivity contribution in [3.63, 3.8) is 0 Å². The predicted molar refractivity (Wildman–Crippen MR) is 87.0 cm³/mol. The highest BCUT2D eigenvalue weighted by Crippen LogP contribution is 2.23. The van der Waals surface area contributed by atoms with E-state index in [1.54, 1.807) is 6.92 Å². The molecule has 3 rings (SSSR count). The van der Waals surface area contributed by atoms with Crippen LogP contribution in [0.4, 0.5) is 10.1 Å². The van der Waals surface area contributed by atoms with E-state index >= 15 is 0 Å². The maximum absolute atomic E-state index is 14.1. The summed E-state index contributed by atoms with van der Waals surface area (Å²) in [6.07, 6.45) is 2.35. The van der Waals surface area contributed by atoms with Gasteiger partial charge in [0.1, 0.15) is 17.7 Å². The van der Waals surface area contributed by atoms with Crippen LogP contribution in [0.25, 0.3) is 16.9 Å². The molecule has 0 amide bonds. The zero-order valence-corrected chi connectivity index (χ0v) is 13.3. The molecule has 0 saturated carbocycles. The molecule has 0 fully saturated rings. The van der Waals surface area contributed by atoms with Crippen molar-refractivity contribution in [2.45, 2.75) is 13.0 Å². The summed E-state index contributed by atoms with van der Waals surface area (Å²) in [6, 6.07) is 5.78. The van der Waals surface area contributed by atoms with E-state index in [4.69, 9.17) is 10.5 Å². The van der Waals surface area contributed by atoms with Crippen LogP contribution in [0.5, 0.6) is 0 Å². The lowest BCUT2D eigenvalue weighted by Gasteiger charge is -2.12. The van der Waals surface area contributed by atoms with E-state index in [0.29, 0.717) is 0 Å². The Morgan fingerprint density at radius 3 is 2.77 bits per heavy atom. The number of carboxylic acids is 1. The standard InChI is InChI=1S/C16H10FN7O2/c1-8(4-18)22-12-3-13(20-7-11(12)16(25)26)24-15-10(14(17)23-24)2-9(5-19)6-21-15/h2-3,6-8H,1H3,(H,20,22)(H,25,26)/t8-/m1/s1. The first-order chi connectivity index (χ1) is 12.4. The molecule has 0 spiro atoms. The minimum atomic E-state index is -1.23. The molecule has 3 aromatic heterocycles. The molecule has 0 aromatic carbocycles. The van der Waals surface area contributed by atoms with Crippen LogP contribution in [0.2, 0.25) is 0 Å². The Bertz CT molecular complexity index is 1110. The highest BCUT2D eigenvalue weighted by atomic mass is 19.1. The van der Waals surface area contributed by atoms with Crippen LogP contribution in [0.3, 0.4) is 0 Å². The van der Waals surface area contributed by atoms with Crippen molar-refractivity contribution >= 4 is 22.7 Å². The van der Waals surface area contributed by atoms with Gasteiger partial charge in [-0.2, -0.15) is 19.6 Å². The van der Waals surface area contributed by atoms with Gasteiger partial charge in [-0.1, -0.05) is 0 Å². The number of carboxylic acid groups (broad SMARTS) is 1. The van der Waals surface area contributed by atoms with Gasteiger partial charge in [0.15, 0.2) is 11.5 Å². The van der Waals surface area contributed by atoms with Gasteiger partial charge in [0.2, 0.25) is 5.95 Å². The van der Waals surface area contributed by atoms with Gasteiger partial charge in [-0.25, -0.2) is 14.8 Å². The van der Waals surface area contributed by atoms with Gasteiger partial charge < -0.3 is 10.4 Å². The normalized spacial score (nSPS) is 11.5. The minimum absolute atomic E-state index is 0.0352. The van der Waals surface area contributed by atoms with Crippen molar-refractivity contribution in [2.75, 3.05) is 5.32 Å². The average Bonchev–Trinajstić information content (AvgIpc) is 2.97. The number of nitriles is 2. The summed E-state index contributed by atoms with van der Waals surface area (Å²) in [4.78, 5) is 19.4. The summed E-state index contributed by atoms with van der Waals surface area (Å²) < 4.78 is 15.2. The first-order valence-corrected chi connectivity index (χ1v) is 7.29. The zero-order valence-electron chi connectivity index (χ0n) is 13.3. The van der Waals surface area contributed by atoms with Crippen LogP contribution in [0, 0.1) is 28.6 Å². The Kier molecular flexibility index (Phi) is 4.17. The molecule has 0 aliphatic rings. The Labute approximate surface area is 145 Å². The number of nitrogens with zero attached hydrogens (tertiary/aromatic N) is 6. The number of anilines is 1. The van der Waals surface area contributed by atoms with Crippen molar-refractivity contribution in [1.82, 2.24) is 19.7 Å². The van der Waals surface area contributed by atoms with Crippen molar-refractivity contribution < 1.29 is 14.3 Å². The van der Waals surface area contributed by atoms with Gasteiger partial charge in [0.25, 0.3) is 0 Å².